The quantitative estimate of drug-likeness (QED) is 0.0623. The minimum Gasteiger partial charge on any atom is -0.508 e. The van der Waals surface area contributed by atoms with E-state index in [1.807, 2.05) is 0 Å². The number of nitrogens with zero attached hydrogens (tertiary/aromatic N) is 7. The molecular formula is C38H33F3N8O9S4. The molecule has 0 atom stereocenters. The fourth-order valence-electron chi connectivity index (χ4n) is 5.10. The van der Waals surface area contributed by atoms with Crippen molar-refractivity contribution in [2.45, 2.75) is 35.1 Å². The number of aromatic nitrogens is 2. The van der Waals surface area contributed by atoms with Crippen molar-refractivity contribution < 1.29 is 50.4 Å². The highest BCUT2D eigenvalue weighted by Gasteiger charge is 2.19. The Morgan fingerprint density at radius 1 is 0.597 bits per heavy atom. The Morgan fingerprint density at radius 2 is 1.06 bits per heavy atom. The van der Waals surface area contributed by atoms with Crippen LogP contribution in [0.3, 0.4) is 0 Å². The summed E-state index contributed by atoms with van der Waals surface area (Å²) in [5.41, 5.74) is 7.46. The van der Waals surface area contributed by atoms with E-state index < -0.39 is 52.1 Å². The molecule has 0 aliphatic heterocycles. The number of aromatic hydroxyl groups is 1. The van der Waals surface area contributed by atoms with E-state index in [-0.39, 0.29) is 44.0 Å². The molecule has 324 valence electrons. The van der Waals surface area contributed by atoms with Crippen LogP contribution in [0.2, 0.25) is 0 Å². The van der Waals surface area contributed by atoms with Crippen LogP contribution in [-0.2, 0) is 52.2 Å². The summed E-state index contributed by atoms with van der Waals surface area (Å²) in [7, 11) is -18.4. The van der Waals surface area contributed by atoms with Gasteiger partial charge in [-0.2, -0.15) is 22.9 Å². The van der Waals surface area contributed by atoms with Crippen molar-refractivity contribution in [3.8, 4) is 11.5 Å². The minimum absolute atomic E-state index is 0.0165. The van der Waals surface area contributed by atoms with Crippen LogP contribution in [-0.4, -0.2) is 44.5 Å². The summed E-state index contributed by atoms with van der Waals surface area (Å²) >= 11 is 0. The Bertz CT molecular complexity index is 3100. The zero-order valence-electron chi connectivity index (χ0n) is 32.1. The summed E-state index contributed by atoms with van der Waals surface area (Å²) < 4.78 is 128. The van der Waals surface area contributed by atoms with Gasteiger partial charge in [-0.05, 0) is 110 Å². The van der Waals surface area contributed by atoms with Gasteiger partial charge in [-0.1, -0.05) is 23.8 Å². The number of nitrogens with two attached hydrogens (primary N) is 1. The van der Waals surface area contributed by atoms with Crippen molar-refractivity contribution in [3.63, 3.8) is 0 Å². The first kappa shape index (κ1) is 46.4. The highest BCUT2D eigenvalue weighted by molar-refractivity contribution is 7.91. The third-order valence-electron chi connectivity index (χ3n) is 8.08. The number of hydrogen-bond donors (Lipinski definition) is 2. The largest absolute Gasteiger partial charge is 0.508 e. The standard InChI is InChI=1S/C19H15F3N4O6S3.C19H18N4O3S/c1-13-10-17(18(26-34(20,21)29)11-19(13)32-35(22,30)31)25-24-14-5-7-16(8-6-14)33(27,28)12-15-4-2-3-9-23-15;1-13-10-18(17(20)11-19(13)24)23-22-14-5-7-16(8-6-14)27(25,26)12-15-4-2-3-9-21-15/h2-11H,12H2,1H3;2-11,24H,12,20H2,1H3. The number of pyridine rings is 2. The second kappa shape index (κ2) is 19.4. The number of azo groups is 2. The molecule has 0 amide bonds. The molecule has 17 nitrogen and oxygen atoms in total. The second-order valence-corrected chi connectivity index (χ2v) is 18.7. The average molecular weight is 931 g/mol. The lowest BCUT2D eigenvalue weighted by Gasteiger charge is -2.07. The van der Waals surface area contributed by atoms with Gasteiger partial charge in [-0.3, -0.25) is 9.97 Å². The van der Waals surface area contributed by atoms with Gasteiger partial charge in [0, 0.05) is 24.5 Å². The van der Waals surface area contributed by atoms with Crippen molar-refractivity contribution >= 4 is 74.8 Å². The van der Waals surface area contributed by atoms with Crippen LogP contribution in [0.1, 0.15) is 22.5 Å². The molecule has 24 heteroatoms. The molecule has 0 saturated heterocycles. The predicted molar refractivity (Wildman–Crippen MR) is 223 cm³/mol. The van der Waals surface area contributed by atoms with E-state index in [9.17, 15) is 46.2 Å². The van der Waals surface area contributed by atoms with E-state index in [2.05, 4.69) is 39.0 Å². The van der Waals surface area contributed by atoms with Gasteiger partial charge >= 0.3 is 21.0 Å². The first-order valence-electron chi connectivity index (χ1n) is 17.4. The number of benzene rings is 4. The lowest BCUT2D eigenvalue weighted by molar-refractivity contribution is 0.438. The fourth-order valence-corrected chi connectivity index (χ4v) is 8.42. The molecule has 0 fully saturated rings. The number of aryl methyl sites for hydroxylation is 2. The van der Waals surface area contributed by atoms with Crippen LogP contribution < -0.4 is 9.92 Å². The van der Waals surface area contributed by atoms with E-state index >= 15 is 0 Å². The Morgan fingerprint density at radius 3 is 1.50 bits per heavy atom. The molecular weight excluding hydrogens is 898 g/mol. The fraction of sp³-hybridized carbons (Fsp3) is 0.105. The summed E-state index contributed by atoms with van der Waals surface area (Å²) in [6.07, 6.45) is 3.03. The van der Waals surface area contributed by atoms with Crippen LogP contribution >= 0.6 is 0 Å². The third-order valence-corrected chi connectivity index (χ3v) is 12.2. The van der Waals surface area contributed by atoms with E-state index in [1.54, 1.807) is 67.7 Å². The second-order valence-electron chi connectivity index (χ2n) is 12.8. The van der Waals surface area contributed by atoms with E-state index in [1.165, 1.54) is 55.6 Å². The van der Waals surface area contributed by atoms with Crippen LogP contribution in [0.4, 0.5) is 45.8 Å². The lowest BCUT2D eigenvalue weighted by atomic mass is 10.2. The Kier molecular flexibility index (Phi) is 14.5. The van der Waals surface area contributed by atoms with Gasteiger partial charge in [0.25, 0.3) is 0 Å². The number of phenols is 1. The zero-order valence-corrected chi connectivity index (χ0v) is 35.4. The van der Waals surface area contributed by atoms with Crippen molar-refractivity contribution in [1.82, 2.24) is 9.97 Å². The smallest absolute Gasteiger partial charge is 0.488 e. The molecule has 3 N–H and O–H groups in total. The van der Waals surface area contributed by atoms with Gasteiger partial charge in [0.2, 0.25) is 0 Å². The Labute approximate surface area is 355 Å². The van der Waals surface area contributed by atoms with Gasteiger partial charge in [0.1, 0.15) is 22.8 Å². The van der Waals surface area contributed by atoms with Gasteiger partial charge in [0.05, 0.1) is 49.7 Å². The van der Waals surface area contributed by atoms with Crippen LogP contribution in [0.5, 0.6) is 11.5 Å². The summed E-state index contributed by atoms with van der Waals surface area (Å²) in [6, 6.07) is 25.9. The molecule has 0 spiro atoms. The SMILES string of the molecule is Cc1cc(N=Nc2ccc(S(=O)(=O)Cc3ccccn3)cc2)c(N)cc1O.Cc1cc(N=Nc2ccc(S(=O)(=O)Cc3ccccn3)cc2)c(N=S(=O)(F)F)cc1OS(=O)(=O)F. The average Bonchev–Trinajstić information content (AvgIpc) is 3.19. The number of hydrogen-bond acceptors (Lipinski definition) is 17. The van der Waals surface area contributed by atoms with Crippen LogP contribution in [0, 0.1) is 13.8 Å². The molecule has 0 bridgehead atoms. The monoisotopic (exact) mass is 930 g/mol. The first-order valence-corrected chi connectivity index (χ1v) is 23.3. The minimum atomic E-state index is -5.70. The first-order chi connectivity index (χ1) is 29.1. The molecule has 6 rings (SSSR count). The Balaban J connectivity index is 0.000000242. The molecule has 0 unspecified atom stereocenters. The number of halogens is 3. The molecule has 2 heterocycles. The van der Waals surface area contributed by atoms with Crippen LogP contribution in [0.15, 0.2) is 156 Å². The molecule has 4 aromatic carbocycles. The van der Waals surface area contributed by atoms with Gasteiger partial charge < -0.3 is 15.0 Å². The van der Waals surface area contributed by atoms with Gasteiger partial charge in [0.15, 0.2) is 25.4 Å². The summed E-state index contributed by atoms with van der Waals surface area (Å²) in [6.45, 7) is 3.00. The molecule has 0 aliphatic carbocycles. The number of anilines is 1. The number of phenolic OH excluding ortho intramolecular Hbond substituents is 1. The van der Waals surface area contributed by atoms with Crippen molar-refractivity contribution in [2.24, 2.45) is 24.8 Å². The van der Waals surface area contributed by atoms with E-state index in [0.29, 0.717) is 40.1 Å². The molecule has 2 aromatic heterocycles. The normalized spacial score (nSPS) is 12.2. The number of sulfone groups is 2. The van der Waals surface area contributed by atoms with Crippen molar-refractivity contribution in [1.29, 1.82) is 0 Å². The zero-order chi connectivity index (χ0) is 45.3. The molecule has 0 aliphatic rings. The van der Waals surface area contributed by atoms with E-state index in [0.717, 1.165) is 6.07 Å². The van der Waals surface area contributed by atoms with Crippen LogP contribution in [0.25, 0.3) is 0 Å². The van der Waals surface area contributed by atoms with Gasteiger partial charge in [-0.15, -0.1) is 14.6 Å². The Hall–Kier alpha value is -6.63. The predicted octanol–water partition coefficient (Wildman–Crippen LogP) is 9.31. The number of nitrogen functional groups attached to an aromatic ring is 1. The third kappa shape index (κ3) is 13.7. The summed E-state index contributed by atoms with van der Waals surface area (Å²) in [4.78, 5) is 8.20. The van der Waals surface area contributed by atoms with E-state index in [4.69, 9.17) is 5.73 Å². The highest BCUT2D eigenvalue weighted by Crippen LogP contribution is 2.38. The highest BCUT2D eigenvalue weighted by atomic mass is 32.3. The maximum absolute atomic E-state index is 13.0. The maximum atomic E-state index is 13.0. The van der Waals surface area contributed by atoms with Crippen molar-refractivity contribution in [2.75, 3.05) is 5.73 Å². The molecule has 0 radical (unpaired) electrons. The summed E-state index contributed by atoms with van der Waals surface area (Å²) in [5.74, 6) is -1.07. The topological polar surface area (TPSA) is 263 Å². The summed E-state index contributed by atoms with van der Waals surface area (Å²) in [5, 5.41) is 25.3. The molecule has 6 aromatic rings. The maximum Gasteiger partial charge on any atom is 0.488 e. The van der Waals surface area contributed by atoms with Crippen molar-refractivity contribution in [3.05, 3.63) is 144 Å². The van der Waals surface area contributed by atoms with Gasteiger partial charge in [-0.25, -0.2) is 16.8 Å². The molecule has 62 heavy (non-hydrogen) atoms. The molecule has 0 saturated carbocycles. The lowest BCUT2D eigenvalue weighted by Crippen LogP contribution is -2.05. The number of rotatable bonds is 13.